The molecule has 1 fully saturated rings. The van der Waals surface area contributed by atoms with E-state index < -0.39 is 33.0 Å². The number of anilines is 1. The number of halogens is 3. The Kier molecular flexibility index (Phi) is 8.96. The van der Waals surface area contributed by atoms with Crippen molar-refractivity contribution in [1.82, 2.24) is 4.90 Å². The molecule has 0 aliphatic carbocycles. The van der Waals surface area contributed by atoms with E-state index in [-0.39, 0.29) is 11.7 Å². The molecule has 8 nitrogen and oxygen atoms in total. The van der Waals surface area contributed by atoms with E-state index in [1.807, 2.05) is 30.1 Å². The highest BCUT2D eigenvalue weighted by Gasteiger charge is 2.27. The van der Waals surface area contributed by atoms with Crippen molar-refractivity contribution < 1.29 is 23.0 Å². The van der Waals surface area contributed by atoms with Gasteiger partial charge < -0.3 is 4.90 Å². The lowest BCUT2D eigenvalue weighted by Gasteiger charge is -2.37. The fourth-order valence-electron chi connectivity index (χ4n) is 4.07. The van der Waals surface area contributed by atoms with Crippen molar-refractivity contribution >= 4 is 17.1 Å². The SMILES string of the molecule is CN(c1ccc(F)cc1[N+](=O)[O-])C1CCN(Cc2ccccc2)CC1.O=[N+]([O-])c1cc(F)ccc1F. The molecule has 0 bridgehead atoms. The molecule has 190 valence electrons. The number of likely N-dealkylation sites (tertiary alicyclic amines) is 1. The van der Waals surface area contributed by atoms with Crippen LogP contribution in [0.3, 0.4) is 0 Å². The summed E-state index contributed by atoms with van der Waals surface area (Å²) in [6.45, 7) is 2.81. The van der Waals surface area contributed by atoms with E-state index in [9.17, 15) is 33.4 Å². The standard InChI is InChI=1S/C19H22FN3O2.C6H3F2NO2/c1-21(18-8-7-16(20)13-19(18)23(24)25)17-9-11-22(12-10-17)14-15-5-3-2-4-6-15;7-4-1-2-5(8)6(3-4)9(10)11/h2-8,13,17H,9-12,14H2,1H3;1-3H. The van der Waals surface area contributed by atoms with Crippen LogP contribution in [-0.4, -0.2) is 40.9 Å². The van der Waals surface area contributed by atoms with Gasteiger partial charge in [0.1, 0.15) is 17.3 Å². The number of benzene rings is 3. The van der Waals surface area contributed by atoms with E-state index in [1.54, 1.807) is 0 Å². The second-order valence-electron chi connectivity index (χ2n) is 8.35. The lowest BCUT2D eigenvalue weighted by molar-refractivity contribution is -0.387. The Balaban J connectivity index is 0.000000275. The van der Waals surface area contributed by atoms with Gasteiger partial charge in [-0.15, -0.1) is 0 Å². The Labute approximate surface area is 205 Å². The van der Waals surface area contributed by atoms with E-state index in [1.165, 1.54) is 17.7 Å². The van der Waals surface area contributed by atoms with Crippen molar-refractivity contribution in [1.29, 1.82) is 0 Å². The summed E-state index contributed by atoms with van der Waals surface area (Å²) in [5.41, 5.74) is 0.760. The van der Waals surface area contributed by atoms with Crippen molar-refractivity contribution in [3.05, 3.63) is 110 Å². The molecule has 11 heteroatoms. The number of rotatable bonds is 6. The largest absolute Gasteiger partial charge is 0.366 e. The molecule has 1 aliphatic rings. The summed E-state index contributed by atoms with van der Waals surface area (Å²) in [7, 11) is 1.86. The molecule has 0 unspecified atom stereocenters. The molecular formula is C25H25F3N4O4. The van der Waals surface area contributed by atoms with Crippen LogP contribution in [0.1, 0.15) is 18.4 Å². The van der Waals surface area contributed by atoms with E-state index in [2.05, 4.69) is 17.0 Å². The number of piperidine rings is 1. The Morgan fingerprint density at radius 3 is 1.97 bits per heavy atom. The van der Waals surface area contributed by atoms with Gasteiger partial charge in [-0.05, 0) is 42.7 Å². The van der Waals surface area contributed by atoms with Crippen molar-refractivity contribution in [2.24, 2.45) is 0 Å². The fraction of sp³-hybridized carbons (Fsp3) is 0.280. The summed E-state index contributed by atoms with van der Waals surface area (Å²) < 4.78 is 38.0. The van der Waals surface area contributed by atoms with Gasteiger partial charge in [0.2, 0.25) is 5.82 Å². The second kappa shape index (κ2) is 12.1. The summed E-state index contributed by atoms with van der Waals surface area (Å²) >= 11 is 0. The fourth-order valence-corrected chi connectivity index (χ4v) is 4.07. The molecule has 0 spiro atoms. The molecule has 0 radical (unpaired) electrons. The highest BCUT2D eigenvalue weighted by Crippen LogP contribution is 2.31. The zero-order valence-corrected chi connectivity index (χ0v) is 19.5. The lowest BCUT2D eigenvalue weighted by atomic mass is 10.0. The minimum atomic E-state index is -1.03. The second-order valence-corrected chi connectivity index (χ2v) is 8.35. The third-order valence-electron chi connectivity index (χ3n) is 5.97. The van der Waals surface area contributed by atoms with Crippen LogP contribution < -0.4 is 4.90 Å². The third kappa shape index (κ3) is 7.01. The maximum atomic E-state index is 13.3. The van der Waals surface area contributed by atoms with Gasteiger partial charge in [0.05, 0.1) is 22.0 Å². The number of nitro groups is 2. The molecule has 3 aromatic carbocycles. The van der Waals surface area contributed by atoms with Crippen LogP contribution in [0, 0.1) is 37.7 Å². The van der Waals surface area contributed by atoms with Gasteiger partial charge in [0, 0.05) is 32.7 Å². The highest BCUT2D eigenvalue weighted by atomic mass is 19.1. The van der Waals surface area contributed by atoms with E-state index in [0.717, 1.165) is 44.6 Å². The quantitative estimate of drug-likeness (QED) is 0.317. The molecule has 4 rings (SSSR count). The van der Waals surface area contributed by atoms with Gasteiger partial charge >= 0.3 is 5.69 Å². The first-order valence-corrected chi connectivity index (χ1v) is 11.2. The smallest absolute Gasteiger partial charge is 0.307 e. The summed E-state index contributed by atoms with van der Waals surface area (Å²) in [5, 5.41) is 21.2. The average Bonchev–Trinajstić information content (AvgIpc) is 2.86. The molecule has 0 saturated carbocycles. The van der Waals surface area contributed by atoms with Crippen LogP contribution in [0.25, 0.3) is 0 Å². The van der Waals surface area contributed by atoms with Crippen molar-refractivity contribution in [2.75, 3.05) is 25.0 Å². The Morgan fingerprint density at radius 2 is 1.42 bits per heavy atom. The third-order valence-corrected chi connectivity index (χ3v) is 5.97. The first-order valence-electron chi connectivity index (χ1n) is 11.2. The zero-order valence-electron chi connectivity index (χ0n) is 19.5. The summed E-state index contributed by atoms with van der Waals surface area (Å²) in [5.74, 6) is -2.43. The molecule has 1 aliphatic heterocycles. The van der Waals surface area contributed by atoms with Crippen LogP contribution in [-0.2, 0) is 6.54 Å². The minimum Gasteiger partial charge on any atom is -0.366 e. The normalized spacial score (nSPS) is 14.0. The molecular weight excluding hydrogens is 477 g/mol. The number of hydrogen-bond donors (Lipinski definition) is 0. The van der Waals surface area contributed by atoms with Crippen LogP contribution in [0.2, 0.25) is 0 Å². The predicted molar refractivity (Wildman–Crippen MR) is 129 cm³/mol. The van der Waals surface area contributed by atoms with Crippen LogP contribution in [0.4, 0.5) is 30.2 Å². The first kappa shape index (κ1) is 26.6. The van der Waals surface area contributed by atoms with Gasteiger partial charge in [-0.1, -0.05) is 30.3 Å². The molecule has 3 aromatic rings. The van der Waals surface area contributed by atoms with Crippen molar-refractivity contribution in [2.45, 2.75) is 25.4 Å². The van der Waals surface area contributed by atoms with Crippen molar-refractivity contribution in [3.8, 4) is 0 Å². The van der Waals surface area contributed by atoms with Gasteiger partial charge in [0.15, 0.2) is 0 Å². The summed E-state index contributed by atoms with van der Waals surface area (Å²) in [4.78, 5) is 24.0. The highest BCUT2D eigenvalue weighted by molar-refractivity contribution is 5.63. The molecule has 36 heavy (non-hydrogen) atoms. The molecule has 0 amide bonds. The molecule has 1 saturated heterocycles. The van der Waals surface area contributed by atoms with Crippen LogP contribution in [0.15, 0.2) is 66.7 Å². The number of nitrogens with zero attached hydrogens (tertiary/aromatic N) is 4. The summed E-state index contributed by atoms with van der Waals surface area (Å²) in [6, 6.07) is 16.4. The Hall–Kier alpha value is -3.99. The van der Waals surface area contributed by atoms with Gasteiger partial charge in [-0.3, -0.25) is 25.1 Å². The topological polar surface area (TPSA) is 92.8 Å². The zero-order chi connectivity index (χ0) is 26.2. The monoisotopic (exact) mass is 502 g/mol. The van der Waals surface area contributed by atoms with Crippen LogP contribution >= 0.6 is 0 Å². The van der Waals surface area contributed by atoms with Gasteiger partial charge in [-0.25, -0.2) is 8.78 Å². The maximum Gasteiger partial charge on any atom is 0.307 e. The Bertz CT molecular complexity index is 1210. The number of nitro benzene ring substituents is 2. The molecule has 0 aromatic heterocycles. The first-order chi connectivity index (χ1) is 17.2. The Morgan fingerprint density at radius 1 is 0.861 bits per heavy atom. The van der Waals surface area contributed by atoms with Crippen molar-refractivity contribution in [3.63, 3.8) is 0 Å². The van der Waals surface area contributed by atoms with Crippen LogP contribution in [0.5, 0.6) is 0 Å². The minimum absolute atomic E-state index is 0.172. The average molecular weight is 502 g/mol. The lowest BCUT2D eigenvalue weighted by Crippen LogP contribution is -2.43. The summed E-state index contributed by atoms with van der Waals surface area (Å²) in [6.07, 6.45) is 1.86. The molecule has 0 N–H and O–H groups in total. The molecule has 0 atom stereocenters. The maximum absolute atomic E-state index is 13.3. The number of hydrogen-bond acceptors (Lipinski definition) is 6. The molecule has 1 heterocycles. The van der Waals surface area contributed by atoms with E-state index >= 15 is 0 Å². The van der Waals surface area contributed by atoms with E-state index in [0.29, 0.717) is 17.8 Å². The predicted octanol–water partition coefficient (Wildman–Crippen LogP) is 5.71. The van der Waals surface area contributed by atoms with Gasteiger partial charge in [0.25, 0.3) is 5.69 Å². The van der Waals surface area contributed by atoms with E-state index in [4.69, 9.17) is 0 Å². The van der Waals surface area contributed by atoms with Gasteiger partial charge in [-0.2, -0.15) is 4.39 Å².